The third kappa shape index (κ3) is 4.47. The number of carboxylic acid groups (broad SMARTS) is 1. The molecule has 0 saturated carbocycles. The van der Waals surface area contributed by atoms with Crippen LogP contribution >= 0.6 is 11.3 Å². The normalized spacial score (nSPS) is 17.0. The number of aromatic nitrogens is 1. The molecule has 1 saturated heterocycles. The van der Waals surface area contributed by atoms with E-state index in [0.29, 0.717) is 31.8 Å². The van der Waals surface area contributed by atoms with Gasteiger partial charge < -0.3 is 20.3 Å². The Hall–Kier alpha value is -2.12. The summed E-state index contributed by atoms with van der Waals surface area (Å²) >= 11 is 1.47. The fraction of sp³-hybridized carbons (Fsp3) is 0.565. The van der Waals surface area contributed by atoms with E-state index in [1.807, 2.05) is 17.5 Å². The van der Waals surface area contributed by atoms with E-state index in [0.717, 1.165) is 27.4 Å². The number of amides is 1. The summed E-state index contributed by atoms with van der Waals surface area (Å²) in [6.07, 6.45) is 0.0632. The summed E-state index contributed by atoms with van der Waals surface area (Å²) in [5.41, 5.74) is 2.31. The Morgan fingerprint density at radius 1 is 1.10 bits per heavy atom. The van der Waals surface area contributed by atoms with Gasteiger partial charge in [0.2, 0.25) is 0 Å². The number of phenolic OH excluding ortho intramolecular Hbond substituents is 1. The summed E-state index contributed by atoms with van der Waals surface area (Å²) in [5, 5.41) is 25.8. The molecule has 0 radical (unpaired) electrons. The second-order valence-corrected chi connectivity index (χ2v) is 10.9. The number of thiazole rings is 1. The zero-order valence-electron chi connectivity index (χ0n) is 18.6. The monoisotopic (exact) mass is 432 g/mol. The molecule has 164 valence electrons. The van der Waals surface area contributed by atoms with Gasteiger partial charge in [-0.1, -0.05) is 41.5 Å². The van der Waals surface area contributed by atoms with Crippen molar-refractivity contribution >= 4 is 17.4 Å². The summed E-state index contributed by atoms with van der Waals surface area (Å²) in [6.45, 7) is 13.5. The maximum atomic E-state index is 11.5. The topological polar surface area (TPSA) is 91.7 Å². The Labute approximate surface area is 182 Å². The molecule has 1 aliphatic rings. The van der Waals surface area contributed by atoms with Crippen molar-refractivity contribution in [2.75, 3.05) is 13.2 Å². The Kier molecular flexibility index (Phi) is 5.91. The molecule has 30 heavy (non-hydrogen) atoms. The average molecular weight is 433 g/mol. The van der Waals surface area contributed by atoms with Crippen LogP contribution in [0, 0.1) is 0 Å². The molecule has 1 fully saturated rings. The Morgan fingerprint density at radius 3 is 2.10 bits per heavy atom. The van der Waals surface area contributed by atoms with E-state index in [4.69, 9.17) is 9.72 Å². The molecule has 2 aromatic rings. The highest BCUT2D eigenvalue weighted by Gasteiger charge is 2.39. The molecule has 3 N–H and O–H groups in total. The highest BCUT2D eigenvalue weighted by Crippen LogP contribution is 2.43. The van der Waals surface area contributed by atoms with Crippen LogP contribution in [0.5, 0.6) is 5.75 Å². The molecule has 0 aliphatic carbocycles. The van der Waals surface area contributed by atoms with Crippen LogP contribution in [0.25, 0.3) is 11.3 Å². The van der Waals surface area contributed by atoms with E-state index in [1.165, 1.54) is 11.3 Å². The van der Waals surface area contributed by atoms with Gasteiger partial charge in [0.05, 0.1) is 11.2 Å². The maximum Gasteiger partial charge on any atom is 0.405 e. The van der Waals surface area contributed by atoms with Crippen LogP contribution in [0.3, 0.4) is 0 Å². The fourth-order valence-corrected chi connectivity index (χ4v) is 4.91. The molecule has 0 spiro atoms. The molecule has 0 atom stereocenters. The van der Waals surface area contributed by atoms with Gasteiger partial charge in [0, 0.05) is 48.1 Å². The molecule has 3 rings (SSSR count). The van der Waals surface area contributed by atoms with E-state index in [9.17, 15) is 15.0 Å². The Bertz CT molecular complexity index is 896. The lowest BCUT2D eigenvalue weighted by Gasteiger charge is -2.35. The van der Waals surface area contributed by atoms with E-state index in [1.54, 1.807) is 0 Å². The van der Waals surface area contributed by atoms with Gasteiger partial charge in [0.15, 0.2) is 0 Å². The first-order valence-corrected chi connectivity index (χ1v) is 11.1. The van der Waals surface area contributed by atoms with Crippen LogP contribution in [0.15, 0.2) is 17.5 Å². The van der Waals surface area contributed by atoms with Gasteiger partial charge >= 0.3 is 6.09 Å². The van der Waals surface area contributed by atoms with Crippen LogP contribution in [-0.2, 0) is 21.1 Å². The molecule has 2 heterocycles. The predicted octanol–water partition coefficient (Wildman–Crippen LogP) is 5.38. The summed E-state index contributed by atoms with van der Waals surface area (Å²) in [7, 11) is 0. The number of benzene rings is 1. The van der Waals surface area contributed by atoms with Crippen LogP contribution in [-0.4, -0.2) is 34.5 Å². The van der Waals surface area contributed by atoms with Gasteiger partial charge in [0.1, 0.15) is 10.8 Å². The summed E-state index contributed by atoms with van der Waals surface area (Å²) in [4.78, 5) is 16.3. The molecule has 1 aliphatic heterocycles. The average Bonchev–Trinajstić information content (AvgIpc) is 3.11. The third-order valence-electron chi connectivity index (χ3n) is 5.63. The van der Waals surface area contributed by atoms with Crippen molar-refractivity contribution in [3.05, 3.63) is 33.6 Å². The number of aromatic hydroxyl groups is 1. The molecule has 0 bridgehead atoms. The van der Waals surface area contributed by atoms with Crippen molar-refractivity contribution < 1.29 is 19.7 Å². The number of phenols is 1. The zero-order chi connectivity index (χ0) is 22.3. The number of hydrogen-bond donors (Lipinski definition) is 3. The number of carbonyl (C=O) groups is 1. The summed E-state index contributed by atoms with van der Waals surface area (Å²) in [5.74, 6) is 0.336. The maximum absolute atomic E-state index is 11.5. The van der Waals surface area contributed by atoms with Gasteiger partial charge in [-0.25, -0.2) is 9.78 Å². The molecule has 7 heteroatoms. The molecular weight excluding hydrogens is 400 g/mol. The molecule has 1 aromatic carbocycles. The first-order valence-electron chi connectivity index (χ1n) is 10.3. The van der Waals surface area contributed by atoms with Crippen molar-refractivity contribution in [1.29, 1.82) is 0 Å². The minimum absolute atomic E-state index is 0.230. The molecule has 0 unspecified atom stereocenters. The van der Waals surface area contributed by atoms with Gasteiger partial charge in [-0.3, -0.25) is 0 Å². The smallest absolute Gasteiger partial charge is 0.405 e. The Balaban J connectivity index is 2.11. The molecule has 1 aromatic heterocycles. The number of nitrogens with zero attached hydrogens (tertiary/aromatic N) is 1. The summed E-state index contributed by atoms with van der Waals surface area (Å²) < 4.78 is 5.45. The van der Waals surface area contributed by atoms with Crippen molar-refractivity contribution in [3.8, 4) is 17.0 Å². The third-order valence-corrected chi connectivity index (χ3v) is 6.67. The first kappa shape index (κ1) is 22.6. The van der Waals surface area contributed by atoms with E-state index >= 15 is 0 Å². The number of hydrogen-bond acceptors (Lipinski definition) is 5. The largest absolute Gasteiger partial charge is 0.507 e. The minimum Gasteiger partial charge on any atom is -0.507 e. The van der Waals surface area contributed by atoms with Gasteiger partial charge in [0.25, 0.3) is 0 Å². The predicted molar refractivity (Wildman–Crippen MR) is 120 cm³/mol. The van der Waals surface area contributed by atoms with Gasteiger partial charge in [-0.05, 0) is 23.0 Å². The number of ether oxygens (including phenoxy) is 1. The SMILES string of the molecule is CC(C)(C)c1cc(-c2csc(C3(NC(=O)O)CCOCC3)n2)cc(C(C)(C)C)c1O. The minimum atomic E-state index is -1.05. The standard InChI is InChI=1S/C23H32N2O4S/c1-21(2,3)15-11-14(12-16(18(15)26)22(4,5)6)17-13-30-19(24-17)23(25-20(27)28)7-9-29-10-8-23/h11-13,25-26H,7-10H2,1-6H3,(H,27,28). The van der Waals surface area contributed by atoms with Crippen molar-refractivity contribution in [2.45, 2.75) is 70.8 Å². The number of rotatable bonds is 3. The van der Waals surface area contributed by atoms with Gasteiger partial charge in [-0.15, -0.1) is 11.3 Å². The van der Waals surface area contributed by atoms with Crippen molar-refractivity contribution in [1.82, 2.24) is 10.3 Å². The van der Waals surface area contributed by atoms with E-state index < -0.39 is 11.6 Å². The second-order valence-electron chi connectivity index (χ2n) is 10.1. The second kappa shape index (κ2) is 7.85. The van der Waals surface area contributed by atoms with Crippen LogP contribution < -0.4 is 5.32 Å². The van der Waals surface area contributed by atoms with Crippen molar-refractivity contribution in [2.24, 2.45) is 0 Å². The first-order chi connectivity index (χ1) is 13.8. The highest BCUT2D eigenvalue weighted by molar-refractivity contribution is 7.10. The van der Waals surface area contributed by atoms with Crippen LogP contribution in [0.4, 0.5) is 4.79 Å². The molecule has 1 amide bonds. The quantitative estimate of drug-likeness (QED) is 0.605. The zero-order valence-corrected chi connectivity index (χ0v) is 19.4. The molecule has 6 nitrogen and oxygen atoms in total. The Morgan fingerprint density at radius 2 is 1.63 bits per heavy atom. The lowest BCUT2D eigenvalue weighted by molar-refractivity contribution is 0.0373. The van der Waals surface area contributed by atoms with E-state index in [-0.39, 0.29) is 10.8 Å². The fourth-order valence-electron chi connectivity index (χ4n) is 3.87. The molecular formula is C23H32N2O4S. The van der Waals surface area contributed by atoms with E-state index in [2.05, 4.69) is 46.9 Å². The number of nitrogens with one attached hydrogen (secondary N) is 1. The van der Waals surface area contributed by atoms with Crippen LogP contribution in [0.1, 0.15) is 70.5 Å². The van der Waals surface area contributed by atoms with Crippen molar-refractivity contribution in [3.63, 3.8) is 0 Å². The highest BCUT2D eigenvalue weighted by atomic mass is 32.1. The van der Waals surface area contributed by atoms with Gasteiger partial charge in [-0.2, -0.15) is 0 Å². The lowest BCUT2D eigenvalue weighted by Crippen LogP contribution is -2.49. The van der Waals surface area contributed by atoms with Crippen LogP contribution in [0.2, 0.25) is 0 Å². The lowest BCUT2D eigenvalue weighted by atomic mass is 9.78. The summed E-state index contributed by atoms with van der Waals surface area (Å²) in [6, 6.07) is 4.01.